The molecule has 184 valence electrons. The van der Waals surface area contributed by atoms with Gasteiger partial charge >= 0.3 is 0 Å². The monoisotopic (exact) mass is 488 g/mol. The van der Waals surface area contributed by atoms with Crippen LogP contribution in [0.15, 0.2) is 77.6 Å². The van der Waals surface area contributed by atoms with Crippen molar-refractivity contribution in [3.05, 3.63) is 106 Å². The van der Waals surface area contributed by atoms with E-state index in [1.54, 1.807) is 30.3 Å². The van der Waals surface area contributed by atoms with Crippen molar-refractivity contribution in [2.24, 2.45) is 0 Å². The average Bonchev–Trinajstić information content (AvgIpc) is 2.90. The Bertz CT molecular complexity index is 1390. The molecule has 0 aliphatic carbocycles. The van der Waals surface area contributed by atoms with Crippen LogP contribution in [0.5, 0.6) is 11.5 Å². The van der Waals surface area contributed by atoms with Gasteiger partial charge < -0.3 is 19.8 Å². The van der Waals surface area contributed by atoms with Crippen LogP contribution in [0.25, 0.3) is 11.4 Å². The summed E-state index contributed by atoms with van der Waals surface area (Å²) < 4.78 is 24.6. The Labute approximate surface area is 207 Å². The van der Waals surface area contributed by atoms with Crippen LogP contribution in [0.2, 0.25) is 0 Å². The number of benzene rings is 3. The molecule has 0 bridgehead atoms. The third-order valence-electron chi connectivity index (χ3n) is 5.41. The maximum absolute atomic E-state index is 13.4. The lowest BCUT2D eigenvalue weighted by atomic mass is 10.2. The predicted octanol–water partition coefficient (Wildman–Crippen LogP) is 3.81. The number of carbonyl (C=O) groups excluding carboxylic acids is 1. The molecule has 1 amide bonds. The summed E-state index contributed by atoms with van der Waals surface area (Å²) >= 11 is 0. The fraction of sp³-hybridized carbons (Fsp3) is 0.185. The minimum Gasteiger partial charge on any atom is -0.493 e. The molecule has 9 heteroatoms. The number of nitrogens with one attached hydrogen (secondary N) is 2. The Kier molecular flexibility index (Phi) is 8.02. The lowest BCUT2D eigenvalue weighted by Gasteiger charge is -2.12. The molecule has 0 saturated heterocycles. The number of aryl methyl sites for hydroxylation is 1. The van der Waals surface area contributed by atoms with E-state index in [0.717, 1.165) is 5.56 Å². The van der Waals surface area contributed by atoms with Gasteiger partial charge in [-0.3, -0.25) is 9.59 Å². The third kappa shape index (κ3) is 6.53. The van der Waals surface area contributed by atoms with Crippen molar-refractivity contribution in [2.45, 2.75) is 26.0 Å². The number of aromatic nitrogens is 3. The summed E-state index contributed by atoms with van der Waals surface area (Å²) in [5, 5.41) is 11.0. The van der Waals surface area contributed by atoms with E-state index in [0.29, 0.717) is 29.2 Å². The van der Waals surface area contributed by atoms with Crippen LogP contribution in [0.3, 0.4) is 0 Å². The van der Waals surface area contributed by atoms with Crippen LogP contribution in [-0.4, -0.2) is 28.2 Å². The van der Waals surface area contributed by atoms with Crippen molar-refractivity contribution in [1.29, 1.82) is 0 Å². The van der Waals surface area contributed by atoms with E-state index >= 15 is 0 Å². The molecule has 36 heavy (non-hydrogen) atoms. The number of halogens is 1. The summed E-state index contributed by atoms with van der Waals surface area (Å²) in [6.07, 6.45) is 0.286. The molecule has 0 spiro atoms. The summed E-state index contributed by atoms with van der Waals surface area (Å²) in [7, 11) is 1.49. The fourth-order valence-corrected chi connectivity index (χ4v) is 3.49. The highest BCUT2D eigenvalue weighted by atomic mass is 19.1. The molecular formula is C27H25FN4O4. The summed E-state index contributed by atoms with van der Waals surface area (Å²) in [6, 6.07) is 20.8. The molecule has 3 aromatic carbocycles. The molecule has 0 aliphatic heterocycles. The SMILES string of the molecule is COc1cc(-c2nnc(CCC(=O)NCc3ccccc3)c(=O)[nH]2)ccc1OCc1cccc(F)c1. The molecule has 1 heterocycles. The van der Waals surface area contributed by atoms with E-state index in [4.69, 9.17) is 9.47 Å². The Balaban J connectivity index is 1.37. The molecule has 0 saturated carbocycles. The van der Waals surface area contributed by atoms with E-state index in [2.05, 4.69) is 20.5 Å². The smallest absolute Gasteiger partial charge is 0.273 e. The zero-order valence-corrected chi connectivity index (χ0v) is 19.7. The highest BCUT2D eigenvalue weighted by molar-refractivity contribution is 5.76. The van der Waals surface area contributed by atoms with Crippen molar-refractivity contribution in [3.63, 3.8) is 0 Å². The Morgan fingerprint density at radius 3 is 2.53 bits per heavy atom. The predicted molar refractivity (Wildman–Crippen MR) is 132 cm³/mol. The van der Waals surface area contributed by atoms with Crippen molar-refractivity contribution in [2.75, 3.05) is 7.11 Å². The number of rotatable bonds is 10. The first-order valence-electron chi connectivity index (χ1n) is 11.3. The standard InChI is InChI=1S/C27H25FN4O4/c1-35-24-15-20(10-12-23(24)36-17-19-8-5-9-21(28)14-19)26-30-27(34)22(31-32-26)11-13-25(33)29-16-18-6-3-2-4-7-18/h2-10,12,14-15H,11,13,16-17H2,1H3,(H,29,33)(H,30,32,34). The molecule has 4 aromatic rings. The summed E-state index contributed by atoms with van der Waals surface area (Å²) in [6.45, 7) is 0.585. The van der Waals surface area contributed by atoms with Crippen molar-refractivity contribution in [1.82, 2.24) is 20.5 Å². The summed E-state index contributed by atoms with van der Waals surface area (Å²) in [5.41, 5.74) is 2.01. The van der Waals surface area contributed by atoms with E-state index in [-0.39, 0.29) is 42.7 Å². The zero-order chi connectivity index (χ0) is 25.3. The topological polar surface area (TPSA) is 106 Å². The van der Waals surface area contributed by atoms with Gasteiger partial charge in [0.25, 0.3) is 5.56 Å². The number of amides is 1. The van der Waals surface area contributed by atoms with E-state index < -0.39 is 5.56 Å². The molecule has 0 fully saturated rings. The highest BCUT2D eigenvalue weighted by Crippen LogP contribution is 2.31. The first-order valence-corrected chi connectivity index (χ1v) is 11.3. The van der Waals surface area contributed by atoms with Gasteiger partial charge in [-0.2, -0.15) is 0 Å². The zero-order valence-electron chi connectivity index (χ0n) is 19.7. The first kappa shape index (κ1) is 24.6. The van der Waals surface area contributed by atoms with Gasteiger partial charge in [-0.25, -0.2) is 4.39 Å². The largest absolute Gasteiger partial charge is 0.493 e. The third-order valence-corrected chi connectivity index (χ3v) is 5.41. The van der Waals surface area contributed by atoms with Gasteiger partial charge in [0.05, 0.1) is 7.11 Å². The van der Waals surface area contributed by atoms with Gasteiger partial charge in [0.2, 0.25) is 5.91 Å². The minimum absolute atomic E-state index is 0.120. The molecular weight excluding hydrogens is 463 g/mol. The second-order valence-corrected chi connectivity index (χ2v) is 8.00. The number of methoxy groups -OCH3 is 1. The van der Waals surface area contributed by atoms with Crippen molar-refractivity contribution in [3.8, 4) is 22.9 Å². The van der Waals surface area contributed by atoms with E-state index in [9.17, 15) is 14.0 Å². The van der Waals surface area contributed by atoms with Crippen LogP contribution < -0.4 is 20.3 Å². The fourth-order valence-electron chi connectivity index (χ4n) is 3.49. The number of hydrogen-bond acceptors (Lipinski definition) is 6. The molecule has 0 radical (unpaired) electrons. The Morgan fingerprint density at radius 2 is 1.78 bits per heavy atom. The van der Waals surface area contributed by atoms with Gasteiger partial charge in [0.1, 0.15) is 18.1 Å². The Hall–Kier alpha value is -4.53. The quantitative estimate of drug-likeness (QED) is 0.352. The number of ether oxygens (including phenoxy) is 2. The van der Waals surface area contributed by atoms with Crippen LogP contribution in [0.1, 0.15) is 23.2 Å². The van der Waals surface area contributed by atoms with Crippen molar-refractivity contribution < 1.29 is 18.7 Å². The molecule has 1 aromatic heterocycles. The average molecular weight is 489 g/mol. The normalized spacial score (nSPS) is 10.6. The molecule has 0 atom stereocenters. The van der Waals surface area contributed by atoms with Crippen LogP contribution >= 0.6 is 0 Å². The maximum atomic E-state index is 13.4. The number of H-pyrrole nitrogens is 1. The van der Waals surface area contributed by atoms with Crippen molar-refractivity contribution >= 4 is 5.91 Å². The van der Waals surface area contributed by atoms with Gasteiger partial charge in [-0.1, -0.05) is 42.5 Å². The number of aromatic amines is 1. The minimum atomic E-state index is -0.416. The van der Waals surface area contributed by atoms with Gasteiger partial charge in [-0.05, 0) is 41.5 Å². The van der Waals surface area contributed by atoms with Gasteiger partial charge in [0, 0.05) is 24.9 Å². The molecule has 4 rings (SSSR count). The van der Waals surface area contributed by atoms with Gasteiger partial charge in [0.15, 0.2) is 17.3 Å². The number of hydrogen-bond donors (Lipinski definition) is 2. The maximum Gasteiger partial charge on any atom is 0.273 e. The number of carbonyl (C=O) groups is 1. The van der Waals surface area contributed by atoms with Crippen LogP contribution in [0, 0.1) is 5.82 Å². The first-order chi connectivity index (χ1) is 17.5. The number of nitrogens with zero attached hydrogens (tertiary/aromatic N) is 2. The van der Waals surface area contributed by atoms with Crippen LogP contribution in [0.4, 0.5) is 4.39 Å². The lowest BCUT2D eigenvalue weighted by Crippen LogP contribution is -2.25. The molecule has 0 aliphatic rings. The molecule has 2 N–H and O–H groups in total. The van der Waals surface area contributed by atoms with Gasteiger partial charge in [-0.15, -0.1) is 10.2 Å². The highest BCUT2D eigenvalue weighted by Gasteiger charge is 2.12. The van der Waals surface area contributed by atoms with E-state index in [1.165, 1.54) is 19.2 Å². The second kappa shape index (κ2) is 11.7. The van der Waals surface area contributed by atoms with E-state index in [1.807, 2.05) is 30.3 Å². The van der Waals surface area contributed by atoms with Crippen LogP contribution in [-0.2, 0) is 24.4 Å². The Morgan fingerprint density at radius 1 is 0.972 bits per heavy atom. The second-order valence-electron chi connectivity index (χ2n) is 8.00. The molecule has 0 unspecified atom stereocenters. The molecule has 8 nitrogen and oxygen atoms in total. The summed E-state index contributed by atoms with van der Waals surface area (Å²) in [5.74, 6) is 0.622. The summed E-state index contributed by atoms with van der Waals surface area (Å²) in [4.78, 5) is 27.4. The lowest BCUT2D eigenvalue weighted by molar-refractivity contribution is -0.121.